The van der Waals surface area contributed by atoms with Gasteiger partial charge in [-0.25, -0.2) is 4.79 Å². The van der Waals surface area contributed by atoms with E-state index in [0.717, 1.165) is 0 Å². The van der Waals surface area contributed by atoms with Gasteiger partial charge in [0, 0.05) is 6.42 Å². The minimum Gasteiger partial charge on any atom is -0.506 e. The molecule has 0 bridgehead atoms. The first-order valence-corrected chi connectivity index (χ1v) is 3.96. The number of hydrogen-bond donors (Lipinski definition) is 1. The van der Waals surface area contributed by atoms with E-state index in [-0.39, 0.29) is 18.6 Å². The van der Waals surface area contributed by atoms with Gasteiger partial charge in [-0.3, -0.25) is 0 Å². The smallest absolute Gasteiger partial charge is 0.337 e. The van der Waals surface area contributed by atoms with Crippen LogP contribution in [0.5, 0.6) is 0 Å². The van der Waals surface area contributed by atoms with Crippen LogP contribution in [-0.2, 0) is 9.53 Å². The number of allylic oxidation sites excluding steroid dienone is 1. The van der Waals surface area contributed by atoms with E-state index in [1.54, 1.807) is 6.92 Å². The Bertz CT molecular complexity index is 258. The molecule has 0 amide bonds. The monoisotopic (exact) mass is 192 g/mol. The molecule has 0 spiro atoms. The number of carbonyl (C=O) groups is 1. The summed E-state index contributed by atoms with van der Waals surface area (Å²) in [6.45, 7) is 1.68. The second kappa shape index (κ2) is 3.32. The first kappa shape index (κ1) is 9.95. The lowest BCUT2D eigenvalue weighted by molar-refractivity contribution is -0.138. The Morgan fingerprint density at radius 2 is 2.31 bits per heavy atom. The molecule has 13 heavy (non-hydrogen) atoms. The summed E-state index contributed by atoms with van der Waals surface area (Å²) in [5.74, 6) is -5.25. The van der Waals surface area contributed by atoms with Crippen molar-refractivity contribution in [3.63, 3.8) is 0 Å². The van der Waals surface area contributed by atoms with E-state index >= 15 is 0 Å². The van der Waals surface area contributed by atoms with Crippen molar-refractivity contribution in [2.45, 2.75) is 25.7 Å². The Kier molecular flexibility index (Phi) is 2.54. The summed E-state index contributed by atoms with van der Waals surface area (Å²) < 4.78 is 29.8. The van der Waals surface area contributed by atoms with Gasteiger partial charge >= 0.3 is 11.9 Å². The third-order valence-corrected chi connectivity index (χ3v) is 1.84. The number of aliphatic hydroxyl groups is 1. The Labute approximate surface area is 74.0 Å². The summed E-state index contributed by atoms with van der Waals surface area (Å²) in [6.07, 6.45) is -0.648. The van der Waals surface area contributed by atoms with Crippen molar-refractivity contribution in [3.8, 4) is 0 Å². The number of halogens is 2. The summed E-state index contributed by atoms with van der Waals surface area (Å²) in [7, 11) is 0. The van der Waals surface area contributed by atoms with Gasteiger partial charge in [0.1, 0.15) is 0 Å². The van der Waals surface area contributed by atoms with E-state index in [1.165, 1.54) is 0 Å². The summed E-state index contributed by atoms with van der Waals surface area (Å²) in [4.78, 5) is 11.0. The van der Waals surface area contributed by atoms with Crippen LogP contribution in [0.15, 0.2) is 11.3 Å². The van der Waals surface area contributed by atoms with Crippen molar-refractivity contribution in [2.75, 3.05) is 6.61 Å². The topological polar surface area (TPSA) is 46.5 Å². The maximum absolute atomic E-state index is 12.7. The van der Waals surface area contributed by atoms with E-state index in [4.69, 9.17) is 5.11 Å². The van der Waals surface area contributed by atoms with E-state index in [2.05, 4.69) is 4.74 Å². The van der Waals surface area contributed by atoms with Crippen LogP contribution in [0.4, 0.5) is 8.78 Å². The van der Waals surface area contributed by atoms with E-state index < -0.39 is 24.1 Å². The summed E-state index contributed by atoms with van der Waals surface area (Å²) in [6, 6.07) is 0. The van der Waals surface area contributed by atoms with E-state index in [9.17, 15) is 13.6 Å². The normalized spacial score (nSPS) is 20.5. The number of aliphatic hydroxyl groups excluding tert-OH is 1. The molecule has 1 aliphatic rings. The molecular weight excluding hydrogens is 182 g/mol. The molecule has 5 heteroatoms. The Morgan fingerprint density at radius 3 is 2.69 bits per heavy atom. The van der Waals surface area contributed by atoms with Gasteiger partial charge in [0.2, 0.25) is 0 Å². The zero-order chi connectivity index (χ0) is 10.1. The predicted octanol–water partition coefficient (Wildman–Crippen LogP) is 1.79. The fourth-order valence-electron chi connectivity index (χ4n) is 1.16. The molecule has 0 radical (unpaired) electrons. The molecule has 0 aromatic carbocycles. The standard InChI is InChI=1S/C8H10F2O3/c1-2-13-7(12)5-3-4-8(9,10)6(5)11/h11H,2-4H2,1H3. The predicted molar refractivity (Wildman–Crippen MR) is 40.5 cm³/mol. The SMILES string of the molecule is CCOC(=O)C1=C(O)C(F)(F)CC1. The molecule has 1 N–H and O–H groups in total. The quantitative estimate of drug-likeness (QED) is 0.678. The molecule has 0 aromatic rings. The highest BCUT2D eigenvalue weighted by Crippen LogP contribution is 2.38. The van der Waals surface area contributed by atoms with Gasteiger partial charge in [0.25, 0.3) is 0 Å². The molecule has 0 atom stereocenters. The average molecular weight is 192 g/mol. The summed E-state index contributed by atoms with van der Waals surface area (Å²) >= 11 is 0. The number of esters is 1. The highest BCUT2D eigenvalue weighted by atomic mass is 19.3. The third kappa shape index (κ3) is 1.79. The van der Waals surface area contributed by atoms with Gasteiger partial charge in [0.15, 0.2) is 5.76 Å². The van der Waals surface area contributed by atoms with Gasteiger partial charge in [-0.15, -0.1) is 0 Å². The fraction of sp³-hybridized carbons (Fsp3) is 0.625. The fourth-order valence-corrected chi connectivity index (χ4v) is 1.16. The van der Waals surface area contributed by atoms with Gasteiger partial charge < -0.3 is 9.84 Å². The Hall–Kier alpha value is -1.13. The first-order chi connectivity index (χ1) is 5.99. The maximum Gasteiger partial charge on any atom is 0.337 e. The van der Waals surface area contributed by atoms with Crippen molar-refractivity contribution in [2.24, 2.45) is 0 Å². The number of alkyl halides is 2. The van der Waals surface area contributed by atoms with Crippen molar-refractivity contribution in [1.82, 2.24) is 0 Å². The Balaban J connectivity index is 2.82. The van der Waals surface area contributed by atoms with E-state index in [1.807, 2.05) is 0 Å². The van der Waals surface area contributed by atoms with Crippen LogP contribution in [-0.4, -0.2) is 23.6 Å². The van der Waals surface area contributed by atoms with Crippen LogP contribution in [0.25, 0.3) is 0 Å². The zero-order valence-corrected chi connectivity index (χ0v) is 7.14. The van der Waals surface area contributed by atoms with Gasteiger partial charge in [0.05, 0.1) is 12.2 Å². The van der Waals surface area contributed by atoms with Crippen LogP contribution < -0.4 is 0 Å². The second-order valence-electron chi connectivity index (χ2n) is 2.75. The van der Waals surface area contributed by atoms with Gasteiger partial charge in [-0.2, -0.15) is 8.78 Å². The minimum absolute atomic E-state index is 0.112. The summed E-state index contributed by atoms with van der Waals surface area (Å²) in [5, 5.41) is 8.94. The number of rotatable bonds is 2. The molecule has 0 aliphatic heterocycles. The average Bonchev–Trinajstić information content (AvgIpc) is 2.28. The van der Waals surface area contributed by atoms with Gasteiger partial charge in [-0.05, 0) is 13.3 Å². The molecule has 0 heterocycles. The lowest BCUT2D eigenvalue weighted by atomic mass is 10.2. The molecule has 0 unspecified atom stereocenters. The van der Waals surface area contributed by atoms with Crippen molar-refractivity contribution in [1.29, 1.82) is 0 Å². The Morgan fingerprint density at radius 1 is 1.69 bits per heavy atom. The lowest BCUT2D eigenvalue weighted by Crippen LogP contribution is -2.15. The molecule has 0 saturated carbocycles. The van der Waals surface area contributed by atoms with Gasteiger partial charge in [-0.1, -0.05) is 0 Å². The largest absolute Gasteiger partial charge is 0.506 e. The molecular formula is C8H10F2O3. The van der Waals surface area contributed by atoms with E-state index in [0.29, 0.717) is 0 Å². The lowest BCUT2D eigenvalue weighted by Gasteiger charge is -2.07. The van der Waals surface area contributed by atoms with Crippen molar-refractivity contribution in [3.05, 3.63) is 11.3 Å². The second-order valence-corrected chi connectivity index (χ2v) is 2.75. The van der Waals surface area contributed by atoms with Crippen LogP contribution in [0, 0.1) is 0 Å². The maximum atomic E-state index is 12.7. The minimum atomic E-state index is -3.26. The van der Waals surface area contributed by atoms with Crippen LogP contribution in [0.2, 0.25) is 0 Å². The van der Waals surface area contributed by atoms with Crippen molar-refractivity contribution < 1.29 is 23.4 Å². The summed E-state index contributed by atoms with van der Waals surface area (Å²) in [5.41, 5.74) is -0.299. The number of carbonyl (C=O) groups excluding carboxylic acids is 1. The van der Waals surface area contributed by atoms with Crippen LogP contribution >= 0.6 is 0 Å². The first-order valence-electron chi connectivity index (χ1n) is 3.96. The zero-order valence-electron chi connectivity index (χ0n) is 7.14. The van der Waals surface area contributed by atoms with Crippen molar-refractivity contribution >= 4 is 5.97 Å². The molecule has 0 fully saturated rings. The molecule has 74 valence electrons. The highest BCUT2D eigenvalue weighted by Gasteiger charge is 2.44. The molecule has 0 saturated heterocycles. The van der Waals surface area contributed by atoms with Crippen LogP contribution in [0.3, 0.4) is 0 Å². The molecule has 1 aliphatic carbocycles. The molecule has 1 rings (SSSR count). The van der Waals surface area contributed by atoms with Crippen LogP contribution in [0.1, 0.15) is 19.8 Å². The third-order valence-electron chi connectivity index (χ3n) is 1.84. The number of hydrogen-bond acceptors (Lipinski definition) is 3. The highest BCUT2D eigenvalue weighted by molar-refractivity contribution is 5.89. The molecule has 0 aromatic heterocycles. The molecule has 3 nitrogen and oxygen atoms in total. The number of ether oxygens (including phenoxy) is 1.